The van der Waals surface area contributed by atoms with Crippen LogP contribution in [0.15, 0.2) is 47.3 Å². The number of nitrogen functional groups attached to an aromatic ring is 1. The van der Waals surface area contributed by atoms with E-state index >= 15 is 0 Å². The minimum absolute atomic E-state index is 0.00501. The molecule has 7 heteroatoms. The maximum absolute atomic E-state index is 12.3. The Balaban J connectivity index is 2.19. The number of para-hydroxylation sites is 1. The van der Waals surface area contributed by atoms with E-state index in [4.69, 9.17) is 15.2 Å². The fraction of sp³-hybridized carbons (Fsp3) is 0.136. The van der Waals surface area contributed by atoms with Crippen molar-refractivity contribution in [1.82, 2.24) is 4.98 Å². The highest BCUT2D eigenvalue weighted by Crippen LogP contribution is 2.41. The average Bonchev–Trinajstić information content (AvgIpc) is 2.72. The number of hydrogen-bond donors (Lipinski definition) is 2. The van der Waals surface area contributed by atoms with Crippen LogP contribution in [0.25, 0.3) is 11.1 Å². The highest BCUT2D eigenvalue weighted by molar-refractivity contribution is 5.85. The summed E-state index contributed by atoms with van der Waals surface area (Å²) in [5, 5.41) is 19.1. The van der Waals surface area contributed by atoms with Gasteiger partial charge in [-0.05, 0) is 18.6 Å². The second kappa shape index (κ2) is 8.20. The summed E-state index contributed by atoms with van der Waals surface area (Å²) >= 11 is 0. The molecule has 0 fully saturated rings. The Bertz CT molecular complexity index is 1200. The molecule has 0 saturated heterocycles. The van der Waals surface area contributed by atoms with Crippen LogP contribution in [0.4, 0.5) is 5.82 Å². The summed E-state index contributed by atoms with van der Waals surface area (Å²) in [5.41, 5.74) is 7.49. The molecule has 0 aliphatic carbocycles. The number of aromatic amines is 1. The van der Waals surface area contributed by atoms with Crippen molar-refractivity contribution in [3.05, 3.63) is 75.1 Å². The molecule has 0 aliphatic rings. The third-order valence-electron chi connectivity index (χ3n) is 4.44. The Kier molecular flexibility index (Phi) is 5.52. The van der Waals surface area contributed by atoms with Crippen LogP contribution in [0.5, 0.6) is 11.5 Å². The van der Waals surface area contributed by atoms with E-state index in [1.165, 1.54) is 7.11 Å². The largest absolute Gasteiger partial charge is 0.493 e. The molecule has 1 aromatic heterocycles. The van der Waals surface area contributed by atoms with E-state index in [9.17, 15) is 15.3 Å². The van der Waals surface area contributed by atoms with Crippen LogP contribution < -0.4 is 20.8 Å². The zero-order valence-electron chi connectivity index (χ0n) is 15.9. The number of nitriles is 2. The van der Waals surface area contributed by atoms with E-state index in [2.05, 4.69) is 4.98 Å². The molecule has 0 bridgehead atoms. The third kappa shape index (κ3) is 3.76. The molecule has 0 aliphatic heterocycles. The van der Waals surface area contributed by atoms with Gasteiger partial charge >= 0.3 is 0 Å². The lowest BCUT2D eigenvalue weighted by Crippen LogP contribution is -2.16. The Labute approximate surface area is 167 Å². The first kappa shape index (κ1) is 19.5. The number of anilines is 1. The van der Waals surface area contributed by atoms with Gasteiger partial charge in [0.05, 0.1) is 7.11 Å². The van der Waals surface area contributed by atoms with E-state index in [0.29, 0.717) is 17.1 Å². The molecular formula is C22H18N4O3. The second-order valence-corrected chi connectivity index (χ2v) is 6.33. The number of nitrogens with two attached hydrogens (primary N) is 1. The molecule has 144 valence electrons. The van der Waals surface area contributed by atoms with E-state index in [1.54, 1.807) is 18.2 Å². The summed E-state index contributed by atoms with van der Waals surface area (Å²) in [7, 11) is 1.49. The number of pyridine rings is 1. The summed E-state index contributed by atoms with van der Waals surface area (Å²) in [6, 6.07) is 16.7. The van der Waals surface area contributed by atoms with Crippen molar-refractivity contribution in [2.75, 3.05) is 12.8 Å². The quantitative estimate of drug-likeness (QED) is 0.693. The zero-order chi connectivity index (χ0) is 21.0. The van der Waals surface area contributed by atoms with Gasteiger partial charge in [-0.15, -0.1) is 0 Å². The molecule has 0 amide bonds. The number of nitrogens with zero attached hydrogens (tertiary/aromatic N) is 2. The summed E-state index contributed by atoms with van der Waals surface area (Å²) < 4.78 is 11.4. The number of ether oxygens (including phenoxy) is 2. The number of H-pyrrole nitrogens is 1. The van der Waals surface area contributed by atoms with Crippen molar-refractivity contribution in [2.45, 2.75) is 13.5 Å². The smallest absolute Gasteiger partial charge is 0.268 e. The number of hydrogen-bond acceptors (Lipinski definition) is 6. The number of methoxy groups -OCH3 is 1. The minimum Gasteiger partial charge on any atom is -0.493 e. The fourth-order valence-electron chi connectivity index (χ4n) is 2.97. The molecular weight excluding hydrogens is 368 g/mol. The molecule has 2 aromatic carbocycles. The van der Waals surface area contributed by atoms with Crippen molar-refractivity contribution >= 4 is 5.82 Å². The van der Waals surface area contributed by atoms with Crippen LogP contribution in [0.2, 0.25) is 0 Å². The number of aryl methyl sites for hydroxylation is 1. The first-order chi connectivity index (χ1) is 14.0. The highest BCUT2D eigenvalue weighted by Gasteiger charge is 2.23. The number of benzene rings is 2. The normalized spacial score (nSPS) is 10.1. The summed E-state index contributed by atoms with van der Waals surface area (Å²) in [5.74, 6) is 0.605. The van der Waals surface area contributed by atoms with Gasteiger partial charge in [0.25, 0.3) is 5.56 Å². The highest BCUT2D eigenvalue weighted by atomic mass is 16.5. The first-order valence-corrected chi connectivity index (χ1v) is 8.71. The molecule has 0 saturated carbocycles. The van der Waals surface area contributed by atoms with Gasteiger partial charge in [-0.25, -0.2) is 0 Å². The summed E-state index contributed by atoms with van der Waals surface area (Å²) in [6.45, 7) is 2.23. The first-order valence-electron chi connectivity index (χ1n) is 8.71. The monoisotopic (exact) mass is 386 g/mol. The standard InChI is InChI=1S/C22H18N4O3/c1-13-6-8-14(9-7-13)12-29-20-15(4-3-5-18(20)28-2)19-16(10-23)21(25)26-22(27)17(19)11-24/h3-9H,12H2,1-2H3,(H3,25,26,27). The maximum Gasteiger partial charge on any atom is 0.268 e. The molecule has 0 unspecified atom stereocenters. The molecule has 3 rings (SSSR count). The van der Waals surface area contributed by atoms with E-state index in [-0.39, 0.29) is 29.1 Å². The van der Waals surface area contributed by atoms with Gasteiger partial charge in [-0.1, -0.05) is 42.0 Å². The Morgan fingerprint density at radius 3 is 2.38 bits per heavy atom. The Morgan fingerprint density at radius 2 is 1.76 bits per heavy atom. The molecule has 3 aromatic rings. The van der Waals surface area contributed by atoms with Gasteiger partial charge in [0.1, 0.15) is 35.7 Å². The van der Waals surface area contributed by atoms with Gasteiger partial charge in [0.15, 0.2) is 11.5 Å². The molecule has 29 heavy (non-hydrogen) atoms. The molecule has 0 radical (unpaired) electrons. The molecule has 1 heterocycles. The third-order valence-corrected chi connectivity index (χ3v) is 4.44. The summed E-state index contributed by atoms with van der Waals surface area (Å²) in [6.07, 6.45) is 0. The number of aromatic nitrogens is 1. The van der Waals surface area contributed by atoms with Crippen molar-refractivity contribution in [3.63, 3.8) is 0 Å². The molecule has 3 N–H and O–H groups in total. The minimum atomic E-state index is -0.675. The molecule has 0 spiro atoms. The van der Waals surface area contributed by atoms with Crippen molar-refractivity contribution in [1.29, 1.82) is 10.5 Å². The van der Waals surface area contributed by atoms with Crippen LogP contribution in [-0.2, 0) is 6.61 Å². The number of rotatable bonds is 5. The van der Waals surface area contributed by atoms with E-state index < -0.39 is 5.56 Å². The van der Waals surface area contributed by atoms with Crippen LogP contribution in [-0.4, -0.2) is 12.1 Å². The van der Waals surface area contributed by atoms with E-state index in [1.807, 2.05) is 43.3 Å². The zero-order valence-corrected chi connectivity index (χ0v) is 15.9. The van der Waals surface area contributed by atoms with Crippen LogP contribution >= 0.6 is 0 Å². The van der Waals surface area contributed by atoms with Gasteiger partial charge in [-0.3, -0.25) is 4.79 Å². The van der Waals surface area contributed by atoms with Crippen molar-refractivity contribution in [3.8, 4) is 34.8 Å². The Hall–Kier alpha value is -4.23. The van der Waals surface area contributed by atoms with Gasteiger partial charge in [0, 0.05) is 11.1 Å². The van der Waals surface area contributed by atoms with Crippen LogP contribution in [0, 0.1) is 29.6 Å². The topological polar surface area (TPSA) is 125 Å². The second-order valence-electron chi connectivity index (χ2n) is 6.33. The van der Waals surface area contributed by atoms with Gasteiger partial charge in [0.2, 0.25) is 0 Å². The lowest BCUT2D eigenvalue weighted by molar-refractivity contribution is 0.286. The lowest BCUT2D eigenvalue weighted by atomic mass is 9.95. The predicted molar refractivity (Wildman–Crippen MR) is 108 cm³/mol. The average molecular weight is 386 g/mol. The predicted octanol–water partition coefficient (Wildman–Crippen LogP) is 3.26. The molecule has 0 atom stereocenters. The van der Waals surface area contributed by atoms with Crippen molar-refractivity contribution < 1.29 is 9.47 Å². The van der Waals surface area contributed by atoms with Gasteiger partial charge in [-0.2, -0.15) is 10.5 Å². The van der Waals surface area contributed by atoms with Gasteiger partial charge < -0.3 is 20.2 Å². The maximum atomic E-state index is 12.3. The molecule has 7 nitrogen and oxygen atoms in total. The summed E-state index contributed by atoms with van der Waals surface area (Å²) in [4.78, 5) is 14.6. The van der Waals surface area contributed by atoms with Crippen molar-refractivity contribution in [2.24, 2.45) is 0 Å². The Morgan fingerprint density at radius 1 is 1.07 bits per heavy atom. The van der Waals surface area contributed by atoms with Crippen LogP contribution in [0.3, 0.4) is 0 Å². The van der Waals surface area contributed by atoms with E-state index in [0.717, 1.165) is 11.1 Å². The lowest BCUT2D eigenvalue weighted by Gasteiger charge is -2.17. The van der Waals surface area contributed by atoms with Crippen LogP contribution in [0.1, 0.15) is 22.3 Å². The SMILES string of the molecule is COc1cccc(-c2c(C#N)c(N)[nH]c(=O)c2C#N)c1OCc1ccc(C)cc1. The fourth-order valence-corrected chi connectivity index (χ4v) is 2.97. The number of nitrogens with one attached hydrogen (secondary N) is 1.